The van der Waals surface area contributed by atoms with E-state index in [1.54, 1.807) is 20.8 Å². The first-order chi connectivity index (χ1) is 16.0. The van der Waals surface area contributed by atoms with Crippen LogP contribution in [0.5, 0.6) is 0 Å². The number of ether oxygens (including phenoxy) is 1. The van der Waals surface area contributed by atoms with Crippen molar-refractivity contribution in [3.05, 3.63) is 10.4 Å². The minimum absolute atomic E-state index is 0.163. The zero-order valence-corrected chi connectivity index (χ0v) is 26.0. The number of carbonyl (C=O) groups excluding carboxylic acids is 1. The SMILES string of the molecule is CC(C)(C)OC(=O)NC(C(O[Si](C)(C)C(C)(C)C)C(CN=[N+]=[N-])C1CC1)C(OS(C)(=O)=O)C(C)(C)C. The van der Waals surface area contributed by atoms with Gasteiger partial charge in [-0.2, -0.15) is 8.42 Å². The van der Waals surface area contributed by atoms with Gasteiger partial charge in [-0.15, -0.1) is 0 Å². The summed E-state index contributed by atoms with van der Waals surface area (Å²) in [6.07, 6.45) is 0.550. The summed E-state index contributed by atoms with van der Waals surface area (Å²) in [5.41, 5.74) is 7.63. The number of azide groups is 1. The maximum Gasteiger partial charge on any atom is 0.408 e. The lowest BCUT2D eigenvalue weighted by Crippen LogP contribution is -2.62. The molecule has 0 aromatic carbocycles. The summed E-state index contributed by atoms with van der Waals surface area (Å²) in [4.78, 5) is 16.1. The average Bonchev–Trinajstić information content (AvgIpc) is 3.45. The van der Waals surface area contributed by atoms with E-state index in [0.29, 0.717) is 0 Å². The molecule has 0 saturated heterocycles. The monoisotopic (exact) mass is 548 g/mol. The molecule has 1 saturated carbocycles. The van der Waals surface area contributed by atoms with Crippen LogP contribution in [0.2, 0.25) is 18.1 Å². The molecule has 0 bridgehead atoms. The zero-order valence-electron chi connectivity index (χ0n) is 24.2. The molecule has 0 aromatic heterocycles. The molecule has 4 unspecified atom stereocenters. The van der Waals surface area contributed by atoms with E-state index in [9.17, 15) is 13.2 Å². The van der Waals surface area contributed by atoms with E-state index in [-0.39, 0.29) is 23.4 Å². The predicted molar refractivity (Wildman–Crippen MR) is 145 cm³/mol. The minimum atomic E-state index is -3.89. The fraction of sp³-hybridized carbons (Fsp3) is 0.958. The topological polar surface area (TPSA) is 140 Å². The molecule has 0 heterocycles. The van der Waals surface area contributed by atoms with Crippen molar-refractivity contribution >= 4 is 24.5 Å². The molecular formula is C24H48N4O6SSi. The quantitative estimate of drug-likeness (QED) is 0.110. The van der Waals surface area contributed by atoms with Gasteiger partial charge in [0.05, 0.1) is 18.4 Å². The van der Waals surface area contributed by atoms with Crippen LogP contribution >= 0.6 is 0 Å². The number of alkyl carbamates (subject to hydrolysis) is 1. The van der Waals surface area contributed by atoms with Gasteiger partial charge >= 0.3 is 6.09 Å². The second kappa shape index (κ2) is 11.6. The third kappa shape index (κ3) is 10.6. The van der Waals surface area contributed by atoms with Gasteiger partial charge in [-0.25, -0.2) is 4.79 Å². The van der Waals surface area contributed by atoms with E-state index < -0.39 is 53.8 Å². The smallest absolute Gasteiger partial charge is 0.408 e. The highest BCUT2D eigenvalue weighted by atomic mass is 32.2. The van der Waals surface area contributed by atoms with Crippen LogP contribution < -0.4 is 5.32 Å². The van der Waals surface area contributed by atoms with E-state index in [1.807, 2.05) is 20.8 Å². The maximum absolute atomic E-state index is 13.1. The Hall–Kier alpha value is -1.33. The van der Waals surface area contributed by atoms with E-state index >= 15 is 0 Å². The molecule has 0 aliphatic heterocycles. The number of nitrogens with one attached hydrogen (secondary N) is 1. The highest BCUT2D eigenvalue weighted by Gasteiger charge is 2.51. The molecule has 0 radical (unpaired) electrons. The van der Waals surface area contributed by atoms with Crippen LogP contribution in [0.25, 0.3) is 10.4 Å². The second-order valence-electron chi connectivity index (χ2n) is 13.5. The van der Waals surface area contributed by atoms with Gasteiger partial charge in [0.25, 0.3) is 10.1 Å². The Kier molecular flexibility index (Phi) is 10.5. The average molecular weight is 549 g/mol. The minimum Gasteiger partial charge on any atom is -0.444 e. The van der Waals surface area contributed by atoms with Crippen LogP contribution in [0.4, 0.5) is 4.79 Å². The first-order valence-corrected chi connectivity index (χ1v) is 17.3. The summed E-state index contributed by atoms with van der Waals surface area (Å²) in [5, 5.41) is 6.64. The van der Waals surface area contributed by atoms with E-state index in [1.165, 1.54) is 0 Å². The summed E-state index contributed by atoms with van der Waals surface area (Å²) in [6.45, 7) is 21.6. The van der Waals surface area contributed by atoms with E-state index in [4.69, 9.17) is 18.9 Å². The van der Waals surface area contributed by atoms with Crippen LogP contribution in [0.3, 0.4) is 0 Å². The van der Waals surface area contributed by atoms with Gasteiger partial charge in [0.2, 0.25) is 0 Å². The van der Waals surface area contributed by atoms with Gasteiger partial charge in [-0.3, -0.25) is 4.18 Å². The molecule has 10 nitrogen and oxygen atoms in total. The molecule has 4 atom stereocenters. The van der Waals surface area contributed by atoms with Gasteiger partial charge in [0, 0.05) is 11.5 Å². The number of carbonyl (C=O) groups is 1. The lowest BCUT2D eigenvalue weighted by molar-refractivity contribution is -0.0256. The standard InChI is InChI=1S/C24H48N4O6SSi/c1-22(2,3)20(33-35(10,30)31)18(27-21(29)32-23(4,5)6)19(34-36(11,12)24(7,8)9)17(15-26-28-25)16-13-14-16/h16-20H,13-15H2,1-12H3,(H,27,29). The molecular weight excluding hydrogens is 500 g/mol. The highest BCUT2D eigenvalue weighted by Crippen LogP contribution is 2.45. The molecule has 210 valence electrons. The van der Waals surface area contributed by atoms with Crippen molar-refractivity contribution in [2.24, 2.45) is 22.4 Å². The predicted octanol–water partition coefficient (Wildman–Crippen LogP) is 6.00. The fourth-order valence-electron chi connectivity index (χ4n) is 3.83. The largest absolute Gasteiger partial charge is 0.444 e. The Morgan fingerprint density at radius 3 is 2.00 bits per heavy atom. The molecule has 1 aliphatic carbocycles. The molecule has 0 aromatic rings. The van der Waals surface area contributed by atoms with Crippen LogP contribution in [0.1, 0.15) is 75.2 Å². The molecule has 1 fully saturated rings. The van der Waals surface area contributed by atoms with Crippen molar-refractivity contribution in [2.45, 2.75) is 117 Å². The zero-order chi connectivity index (χ0) is 28.3. The Labute approximate surface area is 219 Å². The van der Waals surface area contributed by atoms with E-state index in [0.717, 1.165) is 19.1 Å². The maximum atomic E-state index is 13.1. The highest BCUT2D eigenvalue weighted by molar-refractivity contribution is 7.86. The van der Waals surface area contributed by atoms with Gasteiger partial charge in [-0.05, 0) is 74.5 Å². The van der Waals surface area contributed by atoms with Crippen molar-refractivity contribution in [2.75, 3.05) is 12.8 Å². The molecule has 36 heavy (non-hydrogen) atoms. The summed E-state index contributed by atoms with van der Waals surface area (Å²) in [7, 11) is -6.34. The van der Waals surface area contributed by atoms with Gasteiger partial charge in [0.1, 0.15) is 11.7 Å². The van der Waals surface area contributed by atoms with Gasteiger partial charge in [0.15, 0.2) is 8.32 Å². The molecule has 0 spiro atoms. The summed E-state index contributed by atoms with van der Waals surface area (Å²) >= 11 is 0. The van der Waals surface area contributed by atoms with Crippen molar-refractivity contribution in [3.8, 4) is 0 Å². The van der Waals surface area contributed by atoms with Crippen LogP contribution in [-0.4, -0.2) is 59.5 Å². The van der Waals surface area contributed by atoms with Gasteiger partial charge < -0.3 is 14.5 Å². The fourth-order valence-corrected chi connectivity index (χ4v) is 5.97. The van der Waals surface area contributed by atoms with Crippen molar-refractivity contribution < 1.29 is 26.6 Å². The third-order valence-corrected chi connectivity index (χ3v) is 11.8. The van der Waals surface area contributed by atoms with E-state index in [2.05, 4.69) is 49.2 Å². The Bertz CT molecular complexity index is 910. The lowest BCUT2D eigenvalue weighted by Gasteiger charge is -2.47. The van der Waals surface area contributed by atoms with Crippen LogP contribution in [0, 0.1) is 17.3 Å². The van der Waals surface area contributed by atoms with Crippen molar-refractivity contribution in [3.63, 3.8) is 0 Å². The van der Waals surface area contributed by atoms with Crippen molar-refractivity contribution in [1.29, 1.82) is 0 Å². The second-order valence-corrected chi connectivity index (χ2v) is 19.9. The number of amides is 1. The lowest BCUT2D eigenvalue weighted by atomic mass is 9.79. The molecule has 1 amide bonds. The summed E-state index contributed by atoms with van der Waals surface area (Å²) in [6, 6.07) is -0.886. The molecule has 1 aliphatic rings. The number of hydrogen-bond donors (Lipinski definition) is 1. The first kappa shape index (κ1) is 32.7. The van der Waals surface area contributed by atoms with Crippen LogP contribution in [-0.2, 0) is 23.5 Å². The molecule has 1 N–H and O–H groups in total. The first-order valence-electron chi connectivity index (χ1n) is 12.5. The van der Waals surface area contributed by atoms with Crippen molar-refractivity contribution in [1.82, 2.24) is 5.32 Å². The Morgan fingerprint density at radius 1 is 1.11 bits per heavy atom. The van der Waals surface area contributed by atoms with Gasteiger partial charge in [-0.1, -0.05) is 46.7 Å². The molecule has 1 rings (SSSR count). The number of hydrogen-bond acceptors (Lipinski definition) is 7. The van der Waals surface area contributed by atoms with Crippen LogP contribution in [0.15, 0.2) is 5.11 Å². The third-order valence-electron chi connectivity index (χ3n) is 6.74. The Morgan fingerprint density at radius 2 is 1.64 bits per heavy atom. The molecule has 12 heteroatoms. The Balaban J connectivity index is 3.76. The summed E-state index contributed by atoms with van der Waals surface area (Å²) < 4.78 is 43.0. The number of rotatable bonds is 11. The number of nitrogens with zero attached hydrogens (tertiary/aromatic N) is 3. The summed E-state index contributed by atoms with van der Waals surface area (Å²) in [5.74, 6) is -0.00460. The normalized spacial score (nSPS) is 19.0.